The highest BCUT2D eigenvalue weighted by Gasteiger charge is 1.88. The molecule has 4 N–H and O–H groups in total. The van der Waals surface area contributed by atoms with Crippen LogP contribution in [0.2, 0.25) is 0 Å². The molecular formula is C7H12BFO2. The van der Waals surface area contributed by atoms with Gasteiger partial charge in [0.15, 0.2) is 0 Å². The first kappa shape index (κ1) is 12.8. The lowest BCUT2D eigenvalue weighted by Gasteiger charge is -1.93. The van der Waals surface area contributed by atoms with Gasteiger partial charge in [0.2, 0.25) is 0 Å². The Balaban J connectivity index is 0. The highest BCUT2D eigenvalue weighted by molar-refractivity contribution is 6.32. The largest absolute Gasteiger partial charge is 0.412 e. The van der Waals surface area contributed by atoms with E-state index in [1.54, 1.807) is 6.07 Å². The van der Waals surface area contributed by atoms with Crippen LogP contribution in [0.1, 0.15) is 5.56 Å². The Morgan fingerprint density at radius 3 is 2.27 bits per heavy atom. The molecule has 0 bridgehead atoms. The number of rotatable bonds is 1. The average Bonchev–Trinajstić information content (AvgIpc) is 1.88. The van der Waals surface area contributed by atoms with Gasteiger partial charge in [-0.05, 0) is 5.56 Å². The van der Waals surface area contributed by atoms with Crippen LogP contribution >= 0.6 is 0 Å². The summed E-state index contributed by atoms with van der Waals surface area (Å²) in [6.45, 7) is -0.359. The second-order valence-electron chi connectivity index (χ2n) is 2.12. The fraction of sp³-hybridized carbons (Fsp3) is 0.143. The van der Waals surface area contributed by atoms with Crippen LogP contribution in [0.15, 0.2) is 24.3 Å². The zero-order valence-electron chi connectivity index (χ0n) is 6.39. The van der Waals surface area contributed by atoms with Crippen LogP contribution in [0.3, 0.4) is 0 Å². The van der Waals surface area contributed by atoms with Gasteiger partial charge in [-0.15, -0.1) is 0 Å². The molecular weight excluding hydrogens is 146 g/mol. The predicted octanol–water partition coefficient (Wildman–Crippen LogP) is -1.23. The van der Waals surface area contributed by atoms with Crippen LogP contribution in [0.25, 0.3) is 0 Å². The van der Waals surface area contributed by atoms with Crippen molar-refractivity contribution in [2.45, 2.75) is 6.67 Å². The molecule has 0 aliphatic rings. The molecule has 0 spiro atoms. The minimum absolute atomic E-state index is 0. The van der Waals surface area contributed by atoms with Gasteiger partial charge >= 0.3 is 0 Å². The van der Waals surface area contributed by atoms with E-state index in [1.165, 1.54) is 0 Å². The van der Waals surface area contributed by atoms with Crippen LogP contribution in [0.5, 0.6) is 0 Å². The standard InChI is InChI=1S/C7H8BF.2H2O/c8-7-3-1-2-6(4-7)5-9;;/h1-4H,5,8H2;2*1H2. The second kappa shape index (κ2) is 5.89. The van der Waals surface area contributed by atoms with Crippen LogP contribution in [0.4, 0.5) is 4.39 Å². The van der Waals surface area contributed by atoms with Crippen LogP contribution in [-0.4, -0.2) is 18.8 Å². The molecule has 0 aromatic heterocycles. The summed E-state index contributed by atoms with van der Waals surface area (Å²) in [6.07, 6.45) is 0. The predicted molar refractivity (Wildman–Crippen MR) is 46.7 cm³/mol. The van der Waals surface area contributed by atoms with Crippen molar-refractivity contribution >= 4 is 13.3 Å². The molecule has 2 nitrogen and oxygen atoms in total. The molecule has 11 heavy (non-hydrogen) atoms. The SMILES string of the molecule is Bc1cccc(CF)c1.O.O. The molecule has 1 rings (SSSR count). The van der Waals surface area contributed by atoms with E-state index in [-0.39, 0.29) is 17.6 Å². The van der Waals surface area contributed by atoms with Crippen molar-refractivity contribution in [3.05, 3.63) is 29.8 Å². The van der Waals surface area contributed by atoms with Crippen LogP contribution in [0, 0.1) is 0 Å². The van der Waals surface area contributed by atoms with Crippen molar-refractivity contribution in [1.29, 1.82) is 0 Å². The first-order chi connectivity index (χ1) is 4.33. The number of halogens is 1. The Bertz CT molecular complexity index is 205. The van der Waals surface area contributed by atoms with Gasteiger partial charge in [0.25, 0.3) is 0 Å². The normalized spacial score (nSPS) is 7.73. The Kier molecular flexibility index (Phi) is 6.84. The zero-order valence-corrected chi connectivity index (χ0v) is 6.39. The van der Waals surface area contributed by atoms with Gasteiger partial charge < -0.3 is 11.0 Å². The Morgan fingerprint density at radius 2 is 1.91 bits per heavy atom. The number of hydrogen-bond donors (Lipinski definition) is 0. The van der Waals surface area contributed by atoms with Gasteiger partial charge in [0, 0.05) is 0 Å². The summed E-state index contributed by atoms with van der Waals surface area (Å²) in [7, 11) is 1.96. The lowest BCUT2D eigenvalue weighted by Crippen LogP contribution is -2.00. The minimum Gasteiger partial charge on any atom is -0.412 e. The molecule has 0 amide bonds. The molecule has 0 saturated carbocycles. The van der Waals surface area contributed by atoms with Gasteiger partial charge in [0.1, 0.15) is 14.5 Å². The highest BCUT2D eigenvalue weighted by Crippen LogP contribution is 1.96. The molecule has 1 aromatic rings. The van der Waals surface area contributed by atoms with Gasteiger partial charge in [-0.25, -0.2) is 4.39 Å². The lowest BCUT2D eigenvalue weighted by molar-refractivity contribution is 0.485. The van der Waals surface area contributed by atoms with Gasteiger partial charge in [0.05, 0.1) is 0 Å². The summed E-state index contributed by atoms with van der Waals surface area (Å²) < 4.78 is 11.9. The molecule has 0 saturated heterocycles. The lowest BCUT2D eigenvalue weighted by atomic mass is 9.95. The van der Waals surface area contributed by atoms with Gasteiger partial charge in [-0.1, -0.05) is 29.7 Å². The van der Waals surface area contributed by atoms with Crippen molar-refractivity contribution in [2.75, 3.05) is 0 Å². The molecule has 0 heterocycles. The Morgan fingerprint density at radius 1 is 1.27 bits per heavy atom. The molecule has 0 aliphatic heterocycles. The van der Waals surface area contributed by atoms with E-state index < -0.39 is 0 Å². The Labute approximate surface area is 66.1 Å². The van der Waals surface area contributed by atoms with Gasteiger partial charge in [-0.3, -0.25) is 0 Å². The van der Waals surface area contributed by atoms with E-state index in [2.05, 4.69) is 0 Å². The summed E-state index contributed by atoms with van der Waals surface area (Å²) in [4.78, 5) is 0. The van der Waals surface area contributed by atoms with Crippen molar-refractivity contribution < 1.29 is 15.3 Å². The second-order valence-corrected chi connectivity index (χ2v) is 2.12. The minimum atomic E-state index is -0.359. The summed E-state index contributed by atoms with van der Waals surface area (Å²) >= 11 is 0. The van der Waals surface area contributed by atoms with Crippen molar-refractivity contribution in [1.82, 2.24) is 0 Å². The molecule has 0 atom stereocenters. The van der Waals surface area contributed by atoms with E-state index in [4.69, 9.17) is 0 Å². The molecule has 1 aromatic carbocycles. The maximum Gasteiger partial charge on any atom is 0.139 e. The Hall–Kier alpha value is -0.865. The molecule has 0 radical (unpaired) electrons. The molecule has 62 valence electrons. The summed E-state index contributed by atoms with van der Waals surface area (Å²) in [6, 6.07) is 7.45. The maximum atomic E-state index is 11.9. The molecule has 0 fully saturated rings. The maximum absolute atomic E-state index is 11.9. The fourth-order valence-corrected chi connectivity index (χ4v) is 0.795. The van der Waals surface area contributed by atoms with E-state index in [1.807, 2.05) is 26.0 Å². The first-order valence-corrected chi connectivity index (χ1v) is 2.94. The van der Waals surface area contributed by atoms with E-state index >= 15 is 0 Å². The summed E-state index contributed by atoms with van der Waals surface area (Å²) in [5.74, 6) is 0. The molecule has 0 aliphatic carbocycles. The van der Waals surface area contributed by atoms with Crippen LogP contribution < -0.4 is 5.46 Å². The fourth-order valence-electron chi connectivity index (χ4n) is 0.795. The topological polar surface area (TPSA) is 63.0 Å². The summed E-state index contributed by atoms with van der Waals surface area (Å²) in [5.41, 5.74) is 1.88. The van der Waals surface area contributed by atoms with Crippen molar-refractivity contribution in [3.63, 3.8) is 0 Å². The summed E-state index contributed by atoms with van der Waals surface area (Å²) in [5, 5.41) is 0. The smallest absolute Gasteiger partial charge is 0.139 e. The molecule has 0 unspecified atom stereocenters. The van der Waals surface area contributed by atoms with E-state index in [9.17, 15) is 4.39 Å². The third kappa shape index (κ3) is 3.75. The zero-order chi connectivity index (χ0) is 6.69. The quantitative estimate of drug-likeness (QED) is 0.459. The highest BCUT2D eigenvalue weighted by atomic mass is 19.1. The number of hydrogen-bond acceptors (Lipinski definition) is 0. The van der Waals surface area contributed by atoms with Crippen molar-refractivity contribution in [3.8, 4) is 0 Å². The monoisotopic (exact) mass is 158 g/mol. The average molecular weight is 158 g/mol. The van der Waals surface area contributed by atoms with E-state index in [0.29, 0.717) is 0 Å². The first-order valence-electron chi connectivity index (χ1n) is 2.94. The van der Waals surface area contributed by atoms with Crippen molar-refractivity contribution in [2.24, 2.45) is 0 Å². The number of benzene rings is 1. The third-order valence-electron chi connectivity index (χ3n) is 1.24. The molecule has 4 heteroatoms. The van der Waals surface area contributed by atoms with E-state index in [0.717, 1.165) is 11.0 Å². The number of alkyl halides is 1. The van der Waals surface area contributed by atoms with Crippen LogP contribution in [-0.2, 0) is 6.67 Å². The van der Waals surface area contributed by atoms with Gasteiger partial charge in [-0.2, -0.15) is 0 Å². The third-order valence-corrected chi connectivity index (χ3v) is 1.24.